The number of amides is 1. The van der Waals surface area contributed by atoms with Crippen molar-refractivity contribution in [1.29, 1.82) is 0 Å². The normalized spacial score (nSPS) is 20.3. The highest BCUT2D eigenvalue weighted by Crippen LogP contribution is 2.33. The van der Waals surface area contributed by atoms with E-state index in [2.05, 4.69) is 22.4 Å². The van der Waals surface area contributed by atoms with Gasteiger partial charge in [0, 0.05) is 18.2 Å². The van der Waals surface area contributed by atoms with Gasteiger partial charge >= 0.3 is 11.9 Å². The lowest BCUT2D eigenvalue weighted by molar-refractivity contribution is -0.155. The number of cyclic esters (lactones) is 1. The van der Waals surface area contributed by atoms with Crippen LogP contribution in [0.4, 0.5) is 4.39 Å². The van der Waals surface area contributed by atoms with Crippen LogP contribution in [0.3, 0.4) is 0 Å². The Kier molecular flexibility index (Phi) is 11.9. The van der Waals surface area contributed by atoms with Crippen LogP contribution in [0.25, 0.3) is 0 Å². The van der Waals surface area contributed by atoms with Crippen LogP contribution in [0.15, 0.2) is 66.9 Å². The molecule has 45 heavy (non-hydrogen) atoms. The Balaban J connectivity index is 1.53. The lowest BCUT2D eigenvalue weighted by Gasteiger charge is -2.31. The van der Waals surface area contributed by atoms with E-state index in [1.165, 1.54) is 37.1 Å². The van der Waals surface area contributed by atoms with Gasteiger partial charge in [0.25, 0.3) is 5.91 Å². The topological polar surface area (TPSA) is 113 Å². The molecule has 4 unspecified atom stereocenters. The van der Waals surface area contributed by atoms with Crippen molar-refractivity contribution in [2.45, 2.75) is 65.0 Å². The standard InChI is InChI=1S/C35H41FN2O7/c1-22(2)34(40)44-21-43-32-30(42-4)17-18-37-31(32)33(39)38-29-12-8-11-26(19-24-9-6-5-7-10-24)28(23(3)45-35(29)41)20-25-13-15-27(36)16-14-25/h5-7,9-10,13-18,22-23,26,28-29H,8,11-12,19-21H2,1-4H3,(H,38,39). The average molecular weight is 621 g/mol. The zero-order valence-corrected chi connectivity index (χ0v) is 26.2. The van der Waals surface area contributed by atoms with Gasteiger partial charge in [-0.2, -0.15) is 0 Å². The Bertz CT molecular complexity index is 1430. The van der Waals surface area contributed by atoms with E-state index in [0.29, 0.717) is 19.3 Å². The summed E-state index contributed by atoms with van der Waals surface area (Å²) in [5.41, 5.74) is 2.03. The largest absolute Gasteiger partial charge is 0.493 e. The minimum Gasteiger partial charge on any atom is -0.493 e. The summed E-state index contributed by atoms with van der Waals surface area (Å²) in [6, 6.07) is 17.2. The number of carbonyl (C=O) groups excluding carboxylic acids is 3. The Hall–Kier alpha value is -4.47. The second kappa shape index (κ2) is 16.0. The average Bonchev–Trinajstić information content (AvgIpc) is 3.07. The molecular weight excluding hydrogens is 579 g/mol. The van der Waals surface area contributed by atoms with Gasteiger partial charge in [-0.15, -0.1) is 0 Å². The van der Waals surface area contributed by atoms with Gasteiger partial charge in [0.15, 0.2) is 17.2 Å². The predicted octanol–water partition coefficient (Wildman–Crippen LogP) is 5.70. The van der Waals surface area contributed by atoms with Crippen molar-refractivity contribution in [3.05, 3.63) is 89.5 Å². The van der Waals surface area contributed by atoms with E-state index in [4.69, 9.17) is 18.9 Å². The van der Waals surface area contributed by atoms with E-state index in [9.17, 15) is 18.8 Å². The third kappa shape index (κ3) is 9.26. The lowest BCUT2D eigenvalue weighted by Crippen LogP contribution is -2.43. The molecule has 1 N–H and O–H groups in total. The van der Waals surface area contributed by atoms with Crippen LogP contribution < -0.4 is 14.8 Å². The number of halogens is 1. The van der Waals surface area contributed by atoms with E-state index in [-0.39, 0.29) is 40.8 Å². The van der Waals surface area contributed by atoms with Crippen molar-refractivity contribution in [3.63, 3.8) is 0 Å². The maximum Gasteiger partial charge on any atom is 0.328 e. The van der Waals surface area contributed by atoms with E-state index in [1.807, 2.05) is 25.1 Å². The zero-order chi connectivity index (χ0) is 32.3. The molecule has 0 spiro atoms. The molecule has 2 heterocycles. The number of carbonyl (C=O) groups is 3. The molecule has 0 aliphatic carbocycles. The van der Waals surface area contributed by atoms with Gasteiger partial charge in [-0.05, 0) is 61.8 Å². The molecule has 1 amide bonds. The molecule has 0 radical (unpaired) electrons. The molecule has 240 valence electrons. The Morgan fingerprint density at radius 2 is 1.73 bits per heavy atom. The smallest absolute Gasteiger partial charge is 0.328 e. The fourth-order valence-electron chi connectivity index (χ4n) is 5.61. The summed E-state index contributed by atoms with van der Waals surface area (Å²) in [5.74, 6) is -1.99. The van der Waals surface area contributed by atoms with Gasteiger partial charge in [-0.3, -0.25) is 9.59 Å². The van der Waals surface area contributed by atoms with Gasteiger partial charge in [-0.25, -0.2) is 14.2 Å². The molecule has 10 heteroatoms. The van der Waals surface area contributed by atoms with Crippen LogP contribution in [-0.2, 0) is 31.9 Å². The number of benzene rings is 2. The minimum atomic E-state index is -0.929. The number of ether oxygens (including phenoxy) is 4. The number of nitrogens with one attached hydrogen (secondary N) is 1. The first-order valence-corrected chi connectivity index (χ1v) is 15.3. The maximum atomic E-state index is 13.6. The van der Waals surface area contributed by atoms with E-state index in [1.54, 1.807) is 26.0 Å². The highest BCUT2D eigenvalue weighted by atomic mass is 19.1. The van der Waals surface area contributed by atoms with E-state index < -0.39 is 36.8 Å². The van der Waals surface area contributed by atoms with Crippen molar-refractivity contribution in [2.24, 2.45) is 17.8 Å². The molecule has 1 saturated heterocycles. The lowest BCUT2D eigenvalue weighted by atomic mass is 9.77. The summed E-state index contributed by atoms with van der Waals surface area (Å²) in [6.07, 6.45) is 4.13. The van der Waals surface area contributed by atoms with Crippen LogP contribution >= 0.6 is 0 Å². The van der Waals surface area contributed by atoms with Gasteiger partial charge in [0.05, 0.1) is 13.0 Å². The highest BCUT2D eigenvalue weighted by molar-refractivity contribution is 5.98. The first kappa shape index (κ1) is 33.4. The van der Waals surface area contributed by atoms with Crippen LogP contribution in [0.2, 0.25) is 0 Å². The predicted molar refractivity (Wildman–Crippen MR) is 165 cm³/mol. The molecule has 0 bridgehead atoms. The van der Waals surface area contributed by atoms with Crippen molar-refractivity contribution >= 4 is 17.8 Å². The second-order valence-electron chi connectivity index (χ2n) is 11.6. The molecule has 3 aromatic rings. The molecule has 1 aliphatic rings. The van der Waals surface area contributed by atoms with Crippen molar-refractivity contribution in [2.75, 3.05) is 13.9 Å². The monoisotopic (exact) mass is 620 g/mol. The van der Waals surface area contributed by atoms with E-state index >= 15 is 0 Å². The van der Waals surface area contributed by atoms with Gasteiger partial charge in [0.1, 0.15) is 18.0 Å². The molecule has 1 aromatic heterocycles. The van der Waals surface area contributed by atoms with Gasteiger partial charge < -0.3 is 24.3 Å². The third-order valence-electron chi connectivity index (χ3n) is 8.07. The summed E-state index contributed by atoms with van der Waals surface area (Å²) in [5, 5.41) is 2.78. The SMILES string of the molecule is COc1ccnc(C(=O)NC2CCCC(Cc3ccccc3)C(Cc3ccc(F)cc3)C(C)OC2=O)c1OCOC(=O)C(C)C. The number of rotatable bonds is 11. The van der Waals surface area contributed by atoms with Gasteiger partial charge in [0.2, 0.25) is 6.79 Å². The van der Waals surface area contributed by atoms with Crippen molar-refractivity contribution < 1.29 is 37.7 Å². The first-order chi connectivity index (χ1) is 21.7. The Morgan fingerprint density at radius 1 is 1.02 bits per heavy atom. The van der Waals surface area contributed by atoms with Crippen molar-refractivity contribution in [1.82, 2.24) is 10.3 Å². The van der Waals surface area contributed by atoms with Gasteiger partial charge in [-0.1, -0.05) is 62.7 Å². The molecule has 9 nitrogen and oxygen atoms in total. The number of pyridine rings is 1. The van der Waals surface area contributed by atoms with Crippen LogP contribution in [-0.4, -0.2) is 48.9 Å². The Labute approximate surface area is 263 Å². The minimum absolute atomic E-state index is 0.0128. The van der Waals surface area contributed by atoms with Crippen molar-refractivity contribution in [3.8, 4) is 11.5 Å². The summed E-state index contributed by atoms with van der Waals surface area (Å²) in [4.78, 5) is 43.1. The second-order valence-corrected chi connectivity index (χ2v) is 11.6. The number of hydrogen-bond acceptors (Lipinski definition) is 8. The Morgan fingerprint density at radius 3 is 2.42 bits per heavy atom. The highest BCUT2D eigenvalue weighted by Gasteiger charge is 2.35. The van der Waals surface area contributed by atoms with Crippen LogP contribution in [0.5, 0.6) is 11.5 Å². The first-order valence-electron chi connectivity index (χ1n) is 15.3. The number of aromatic nitrogens is 1. The summed E-state index contributed by atoms with van der Waals surface area (Å²) >= 11 is 0. The molecular formula is C35H41FN2O7. The van der Waals surface area contributed by atoms with Crippen LogP contribution in [0.1, 0.15) is 61.6 Å². The summed E-state index contributed by atoms with van der Waals surface area (Å²) in [7, 11) is 1.41. The number of hydrogen-bond donors (Lipinski definition) is 1. The quantitative estimate of drug-likeness (QED) is 0.215. The molecule has 0 saturated carbocycles. The molecule has 2 aromatic carbocycles. The fraction of sp³-hybridized carbons (Fsp3) is 0.429. The summed E-state index contributed by atoms with van der Waals surface area (Å²) in [6.45, 7) is 4.82. The molecule has 4 atom stereocenters. The zero-order valence-electron chi connectivity index (χ0n) is 26.2. The molecule has 1 fully saturated rings. The third-order valence-corrected chi connectivity index (χ3v) is 8.07. The van der Waals surface area contributed by atoms with Crippen LogP contribution in [0, 0.1) is 23.6 Å². The summed E-state index contributed by atoms with van der Waals surface area (Å²) < 4.78 is 35.7. The maximum absolute atomic E-state index is 13.6. The molecule has 1 aliphatic heterocycles. The number of nitrogens with zero attached hydrogens (tertiary/aromatic N) is 1. The van der Waals surface area contributed by atoms with E-state index in [0.717, 1.165) is 18.4 Å². The molecule has 4 rings (SSSR count). The number of esters is 2. The fourth-order valence-corrected chi connectivity index (χ4v) is 5.61. The number of methoxy groups -OCH3 is 1.